The SMILES string of the molecule is NC(=O)[CH]CCc1ccccc1C(N)=O. The fourth-order valence-corrected chi connectivity index (χ4v) is 1.35. The van der Waals surface area contributed by atoms with Gasteiger partial charge in [0.2, 0.25) is 11.8 Å². The molecule has 0 saturated carbocycles. The summed E-state index contributed by atoms with van der Waals surface area (Å²) in [7, 11) is 0. The Balaban J connectivity index is 2.67. The lowest BCUT2D eigenvalue weighted by Crippen LogP contribution is -2.15. The van der Waals surface area contributed by atoms with E-state index in [0.717, 1.165) is 5.56 Å². The molecule has 0 aliphatic heterocycles. The van der Waals surface area contributed by atoms with Gasteiger partial charge in [-0.15, -0.1) is 0 Å². The lowest BCUT2D eigenvalue weighted by molar-refractivity contribution is -0.115. The first kappa shape index (κ1) is 11.2. The maximum absolute atomic E-state index is 11.0. The molecule has 1 aromatic rings. The van der Waals surface area contributed by atoms with Gasteiger partial charge in [-0.1, -0.05) is 18.2 Å². The van der Waals surface area contributed by atoms with E-state index in [-0.39, 0.29) is 0 Å². The van der Waals surface area contributed by atoms with Gasteiger partial charge in [0, 0.05) is 12.0 Å². The largest absolute Gasteiger partial charge is 0.369 e. The van der Waals surface area contributed by atoms with Gasteiger partial charge in [-0.25, -0.2) is 0 Å². The van der Waals surface area contributed by atoms with Crippen molar-refractivity contribution in [2.24, 2.45) is 11.5 Å². The Kier molecular flexibility index (Phi) is 3.85. The molecule has 0 aromatic heterocycles. The fourth-order valence-electron chi connectivity index (χ4n) is 1.35. The Morgan fingerprint density at radius 1 is 1.20 bits per heavy atom. The van der Waals surface area contributed by atoms with E-state index in [1.807, 2.05) is 12.1 Å². The van der Waals surface area contributed by atoms with Crippen molar-refractivity contribution in [1.82, 2.24) is 0 Å². The molecule has 2 amide bonds. The second kappa shape index (κ2) is 5.14. The highest BCUT2D eigenvalue weighted by Crippen LogP contribution is 2.10. The van der Waals surface area contributed by atoms with Crippen molar-refractivity contribution in [2.45, 2.75) is 12.8 Å². The second-order valence-electron chi connectivity index (χ2n) is 3.17. The molecule has 0 fully saturated rings. The lowest BCUT2D eigenvalue weighted by atomic mass is 10.0. The quantitative estimate of drug-likeness (QED) is 0.729. The molecule has 4 nitrogen and oxygen atoms in total. The number of carbonyl (C=O) groups excluding carboxylic acids is 2. The summed E-state index contributed by atoms with van der Waals surface area (Å²) in [5, 5.41) is 0. The van der Waals surface area contributed by atoms with Crippen molar-refractivity contribution >= 4 is 11.8 Å². The average Bonchev–Trinajstić information content (AvgIpc) is 2.17. The van der Waals surface area contributed by atoms with Crippen LogP contribution in [0.15, 0.2) is 24.3 Å². The van der Waals surface area contributed by atoms with Crippen LogP contribution in [0.2, 0.25) is 0 Å². The van der Waals surface area contributed by atoms with Gasteiger partial charge in [0.1, 0.15) is 0 Å². The number of carbonyl (C=O) groups is 2. The van der Waals surface area contributed by atoms with Crippen molar-refractivity contribution in [2.75, 3.05) is 0 Å². The first-order valence-electron chi connectivity index (χ1n) is 4.61. The summed E-state index contributed by atoms with van der Waals surface area (Å²) in [6, 6.07) is 7.06. The number of benzene rings is 1. The monoisotopic (exact) mass is 205 g/mol. The van der Waals surface area contributed by atoms with Crippen LogP contribution in [0.3, 0.4) is 0 Å². The van der Waals surface area contributed by atoms with Gasteiger partial charge in [0.05, 0.1) is 0 Å². The number of primary amides is 2. The van der Waals surface area contributed by atoms with E-state index in [2.05, 4.69) is 0 Å². The van der Waals surface area contributed by atoms with Crippen molar-refractivity contribution < 1.29 is 9.59 Å². The van der Waals surface area contributed by atoms with Gasteiger partial charge in [-0.2, -0.15) is 0 Å². The van der Waals surface area contributed by atoms with Crippen LogP contribution < -0.4 is 11.5 Å². The van der Waals surface area contributed by atoms with Crippen LogP contribution in [0.5, 0.6) is 0 Å². The molecule has 1 aromatic carbocycles. The fraction of sp³-hybridized carbons (Fsp3) is 0.182. The first-order valence-corrected chi connectivity index (χ1v) is 4.61. The van der Waals surface area contributed by atoms with E-state index < -0.39 is 11.8 Å². The van der Waals surface area contributed by atoms with Crippen LogP contribution in [0.4, 0.5) is 0 Å². The van der Waals surface area contributed by atoms with E-state index >= 15 is 0 Å². The molecule has 0 saturated heterocycles. The molecule has 0 unspecified atom stereocenters. The second-order valence-corrected chi connectivity index (χ2v) is 3.17. The van der Waals surface area contributed by atoms with E-state index in [9.17, 15) is 9.59 Å². The highest BCUT2D eigenvalue weighted by Gasteiger charge is 2.06. The molecule has 1 radical (unpaired) electrons. The van der Waals surface area contributed by atoms with E-state index in [1.54, 1.807) is 12.1 Å². The number of aryl methyl sites for hydroxylation is 1. The number of hydrogen-bond donors (Lipinski definition) is 2. The van der Waals surface area contributed by atoms with Crippen LogP contribution in [0.25, 0.3) is 0 Å². The van der Waals surface area contributed by atoms with Gasteiger partial charge in [-0.3, -0.25) is 9.59 Å². The van der Waals surface area contributed by atoms with Crippen molar-refractivity contribution in [3.8, 4) is 0 Å². The molecule has 15 heavy (non-hydrogen) atoms. The molecule has 0 aliphatic rings. The molecule has 1 rings (SSSR count). The molecule has 4 N–H and O–H groups in total. The summed E-state index contributed by atoms with van der Waals surface area (Å²) < 4.78 is 0. The van der Waals surface area contributed by atoms with Crippen LogP contribution in [-0.2, 0) is 11.2 Å². The van der Waals surface area contributed by atoms with E-state index in [0.29, 0.717) is 18.4 Å². The molecule has 4 heteroatoms. The smallest absolute Gasteiger partial charge is 0.248 e. The van der Waals surface area contributed by atoms with Gasteiger partial charge in [0.25, 0.3) is 0 Å². The molecular formula is C11H13N2O2. The zero-order valence-electron chi connectivity index (χ0n) is 8.27. The summed E-state index contributed by atoms with van der Waals surface area (Å²) in [5.74, 6) is -0.906. The number of amides is 2. The van der Waals surface area contributed by atoms with Crippen LogP contribution >= 0.6 is 0 Å². The maximum atomic E-state index is 11.0. The minimum Gasteiger partial charge on any atom is -0.369 e. The Hall–Kier alpha value is -1.84. The molecule has 79 valence electrons. The minimum absolute atomic E-state index is 0.452. The number of rotatable bonds is 5. The molecule has 0 spiro atoms. The predicted octanol–water partition coefficient (Wildman–Crippen LogP) is 0.408. The van der Waals surface area contributed by atoms with Gasteiger partial charge < -0.3 is 11.5 Å². The molecule has 0 atom stereocenters. The third kappa shape index (κ3) is 3.42. The maximum Gasteiger partial charge on any atom is 0.248 e. The number of hydrogen-bond acceptors (Lipinski definition) is 2. The minimum atomic E-state index is -0.454. The van der Waals surface area contributed by atoms with Gasteiger partial charge in [-0.05, 0) is 24.5 Å². The summed E-state index contributed by atoms with van der Waals surface area (Å²) in [6.07, 6.45) is 2.49. The standard InChI is InChI=1S/C11H13N2O2/c12-10(14)7-3-5-8-4-1-2-6-9(8)11(13)15/h1-2,4,6-7H,3,5H2,(H2,12,14)(H2,13,15). The normalized spacial score (nSPS) is 9.87. The predicted molar refractivity (Wildman–Crippen MR) is 56.8 cm³/mol. The summed E-state index contributed by atoms with van der Waals surface area (Å²) in [4.78, 5) is 21.5. The summed E-state index contributed by atoms with van der Waals surface area (Å²) >= 11 is 0. The molecule has 0 heterocycles. The highest BCUT2D eigenvalue weighted by molar-refractivity contribution is 5.94. The third-order valence-electron chi connectivity index (χ3n) is 2.04. The van der Waals surface area contributed by atoms with E-state index in [4.69, 9.17) is 11.5 Å². The van der Waals surface area contributed by atoms with Crippen molar-refractivity contribution in [1.29, 1.82) is 0 Å². The first-order chi connectivity index (χ1) is 7.11. The third-order valence-corrected chi connectivity index (χ3v) is 2.04. The molecule has 0 bridgehead atoms. The zero-order chi connectivity index (χ0) is 11.3. The topological polar surface area (TPSA) is 86.2 Å². The lowest BCUT2D eigenvalue weighted by Gasteiger charge is -2.04. The van der Waals surface area contributed by atoms with Crippen LogP contribution in [0, 0.1) is 6.42 Å². The molecule has 0 aliphatic carbocycles. The average molecular weight is 205 g/mol. The Morgan fingerprint density at radius 3 is 2.47 bits per heavy atom. The summed E-state index contributed by atoms with van der Waals surface area (Å²) in [6.45, 7) is 0. The van der Waals surface area contributed by atoms with Gasteiger partial charge in [0.15, 0.2) is 0 Å². The van der Waals surface area contributed by atoms with Crippen molar-refractivity contribution in [3.63, 3.8) is 0 Å². The van der Waals surface area contributed by atoms with Gasteiger partial charge >= 0.3 is 0 Å². The van der Waals surface area contributed by atoms with Crippen LogP contribution in [0.1, 0.15) is 22.3 Å². The summed E-state index contributed by atoms with van der Waals surface area (Å²) in [5.41, 5.74) is 11.5. The van der Waals surface area contributed by atoms with Crippen LogP contribution in [-0.4, -0.2) is 11.8 Å². The molecular weight excluding hydrogens is 192 g/mol. The Bertz CT molecular complexity index is 375. The Morgan fingerprint density at radius 2 is 1.87 bits per heavy atom. The number of nitrogens with two attached hydrogens (primary N) is 2. The zero-order valence-corrected chi connectivity index (χ0v) is 8.27. The highest BCUT2D eigenvalue weighted by atomic mass is 16.1. The van der Waals surface area contributed by atoms with Crippen molar-refractivity contribution in [3.05, 3.63) is 41.8 Å². The van der Waals surface area contributed by atoms with E-state index in [1.165, 1.54) is 6.42 Å². The Labute approximate surface area is 88.3 Å².